The van der Waals surface area contributed by atoms with E-state index in [1.165, 1.54) is 0 Å². The maximum atomic E-state index is 11.0. The molecule has 0 saturated heterocycles. The summed E-state index contributed by atoms with van der Waals surface area (Å²) in [5.74, 6) is -0.701. The van der Waals surface area contributed by atoms with Crippen molar-refractivity contribution < 1.29 is 9.90 Å². The Balaban J connectivity index is 2.36. The third kappa shape index (κ3) is 2.65. The molecule has 100 valence electrons. The number of hydrogen-bond donors (Lipinski definition) is 2. The molecule has 0 saturated carbocycles. The second-order valence-electron chi connectivity index (χ2n) is 4.74. The molecule has 0 fully saturated rings. The third-order valence-corrected chi connectivity index (χ3v) is 3.38. The largest absolute Gasteiger partial charge is 0.481 e. The van der Waals surface area contributed by atoms with Crippen molar-refractivity contribution in [2.24, 2.45) is 5.92 Å². The number of carboxylic acid groups (broad SMARTS) is 1. The van der Waals surface area contributed by atoms with Gasteiger partial charge >= 0.3 is 5.97 Å². The van der Waals surface area contributed by atoms with Crippen LogP contribution in [0.15, 0.2) is 24.3 Å². The average Bonchev–Trinajstić information content (AvgIpc) is 2.41. The van der Waals surface area contributed by atoms with Crippen molar-refractivity contribution in [1.82, 2.24) is 10.2 Å². The van der Waals surface area contributed by atoms with Gasteiger partial charge in [0.15, 0.2) is 5.82 Å². The Morgan fingerprint density at radius 2 is 1.84 bits per heavy atom. The third-order valence-electron chi connectivity index (χ3n) is 3.38. The van der Waals surface area contributed by atoms with Crippen LogP contribution in [-0.4, -0.2) is 27.3 Å². The lowest BCUT2D eigenvalue weighted by Gasteiger charge is -2.19. The molecule has 0 aliphatic carbocycles. The van der Waals surface area contributed by atoms with Gasteiger partial charge in [-0.25, -0.2) is 0 Å². The quantitative estimate of drug-likeness (QED) is 0.882. The highest BCUT2D eigenvalue weighted by Gasteiger charge is 2.20. The first-order chi connectivity index (χ1) is 9.00. The lowest BCUT2D eigenvalue weighted by Crippen LogP contribution is -2.30. The summed E-state index contributed by atoms with van der Waals surface area (Å²) in [6.45, 7) is 5.40. The fourth-order valence-electron chi connectivity index (χ4n) is 1.90. The van der Waals surface area contributed by atoms with Crippen LogP contribution in [0.1, 0.15) is 19.5 Å². The Morgan fingerprint density at radius 3 is 2.47 bits per heavy atom. The Labute approximate surface area is 111 Å². The van der Waals surface area contributed by atoms with E-state index in [0.29, 0.717) is 5.82 Å². The highest BCUT2D eigenvalue weighted by atomic mass is 16.4. The number of fused-ring (bicyclic) bond motifs is 1. The molecule has 2 atom stereocenters. The van der Waals surface area contributed by atoms with E-state index in [0.717, 1.165) is 16.5 Å². The van der Waals surface area contributed by atoms with Crippen LogP contribution < -0.4 is 5.32 Å². The first-order valence-corrected chi connectivity index (χ1v) is 6.22. The van der Waals surface area contributed by atoms with Gasteiger partial charge in [-0.05, 0) is 20.8 Å². The second kappa shape index (κ2) is 5.22. The predicted octanol–water partition coefficient (Wildman–Crippen LogP) is 2.46. The molecule has 1 heterocycles. The van der Waals surface area contributed by atoms with E-state index < -0.39 is 11.9 Å². The molecule has 2 unspecified atom stereocenters. The summed E-state index contributed by atoms with van der Waals surface area (Å²) < 4.78 is 0. The predicted molar refractivity (Wildman–Crippen MR) is 74.2 cm³/mol. The highest BCUT2D eigenvalue weighted by Crippen LogP contribution is 2.23. The van der Waals surface area contributed by atoms with Crippen LogP contribution >= 0.6 is 0 Å². The van der Waals surface area contributed by atoms with E-state index >= 15 is 0 Å². The summed E-state index contributed by atoms with van der Waals surface area (Å²) in [7, 11) is 0. The van der Waals surface area contributed by atoms with Crippen LogP contribution in [-0.2, 0) is 4.79 Å². The lowest BCUT2D eigenvalue weighted by molar-refractivity contribution is -0.141. The number of rotatable bonds is 4. The Hall–Kier alpha value is -2.17. The molecule has 5 nitrogen and oxygen atoms in total. The van der Waals surface area contributed by atoms with Gasteiger partial charge in [0.05, 0.1) is 11.6 Å². The normalized spacial score (nSPS) is 14.1. The second-order valence-corrected chi connectivity index (χ2v) is 4.74. The van der Waals surface area contributed by atoms with Crippen LogP contribution in [0.25, 0.3) is 10.8 Å². The summed E-state index contributed by atoms with van der Waals surface area (Å²) in [5, 5.41) is 22.4. The SMILES string of the molecule is Cc1nnc(NC(C)C(C)C(=O)O)c2ccccc12. The van der Waals surface area contributed by atoms with Gasteiger partial charge in [0, 0.05) is 16.8 Å². The van der Waals surface area contributed by atoms with Crippen molar-refractivity contribution in [3.05, 3.63) is 30.0 Å². The Kier molecular flexibility index (Phi) is 3.64. The molecule has 19 heavy (non-hydrogen) atoms. The molecule has 0 aliphatic rings. The number of hydrogen-bond acceptors (Lipinski definition) is 4. The fraction of sp³-hybridized carbons (Fsp3) is 0.357. The molecule has 0 aliphatic heterocycles. The minimum Gasteiger partial charge on any atom is -0.481 e. The maximum absolute atomic E-state index is 11.0. The van der Waals surface area contributed by atoms with Crippen LogP contribution in [0.5, 0.6) is 0 Å². The zero-order valence-corrected chi connectivity index (χ0v) is 11.2. The van der Waals surface area contributed by atoms with E-state index in [2.05, 4.69) is 15.5 Å². The first-order valence-electron chi connectivity index (χ1n) is 6.22. The minimum atomic E-state index is -0.829. The number of aromatic nitrogens is 2. The van der Waals surface area contributed by atoms with Crippen LogP contribution in [0.3, 0.4) is 0 Å². The molecule has 0 radical (unpaired) electrons. The van der Waals surface area contributed by atoms with E-state index in [1.54, 1.807) is 6.92 Å². The minimum absolute atomic E-state index is 0.224. The maximum Gasteiger partial charge on any atom is 0.308 e. The monoisotopic (exact) mass is 259 g/mol. The molecule has 0 bridgehead atoms. The zero-order valence-electron chi connectivity index (χ0n) is 11.2. The van der Waals surface area contributed by atoms with Gasteiger partial charge in [-0.2, -0.15) is 5.10 Å². The van der Waals surface area contributed by atoms with Gasteiger partial charge < -0.3 is 10.4 Å². The molecule has 5 heteroatoms. The van der Waals surface area contributed by atoms with Gasteiger partial charge in [0.2, 0.25) is 0 Å². The standard InChI is InChI=1S/C14H17N3O2/c1-8(14(18)19)9(2)15-13-12-7-5-4-6-11(12)10(3)16-17-13/h4-9H,1-3H3,(H,15,17)(H,18,19). The average molecular weight is 259 g/mol. The van der Waals surface area contributed by atoms with E-state index in [1.807, 2.05) is 38.1 Å². The topological polar surface area (TPSA) is 75.1 Å². The zero-order chi connectivity index (χ0) is 14.0. The van der Waals surface area contributed by atoms with Gasteiger partial charge in [-0.3, -0.25) is 4.79 Å². The Morgan fingerprint density at radius 1 is 1.21 bits per heavy atom. The van der Waals surface area contributed by atoms with E-state index in [-0.39, 0.29) is 6.04 Å². The number of carboxylic acids is 1. The molecule has 0 spiro atoms. The van der Waals surface area contributed by atoms with E-state index in [9.17, 15) is 4.79 Å². The highest BCUT2D eigenvalue weighted by molar-refractivity contribution is 5.93. The summed E-state index contributed by atoms with van der Waals surface area (Å²) in [6, 6.07) is 7.59. The van der Waals surface area contributed by atoms with Crippen LogP contribution in [0.2, 0.25) is 0 Å². The summed E-state index contributed by atoms with van der Waals surface area (Å²) in [6.07, 6.45) is 0. The molecular formula is C14H17N3O2. The van der Waals surface area contributed by atoms with Crippen molar-refractivity contribution >= 4 is 22.6 Å². The van der Waals surface area contributed by atoms with Crippen molar-refractivity contribution in [3.63, 3.8) is 0 Å². The Bertz CT molecular complexity index is 613. The smallest absolute Gasteiger partial charge is 0.308 e. The van der Waals surface area contributed by atoms with Crippen LogP contribution in [0.4, 0.5) is 5.82 Å². The number of carbonyl (C=O) groups is 1. The lowest BCUT2D eigenvalue weighted by atomic mass is 10.0. The number of aryl methyl sites for hydroxylation is 1. The number of benzene rings is 1. The van der Waals surface area contributed by atoms with Crippen molar-refractivity contribution in [1.29, 1.82) is 0 Å². The van der Waals surface area contributed by atoms with Gasteiger partial charge in [-0.1, -0.05) is 24.3 Å². The van der Waals surface area contributed by atoms with E-state index in [4.69, 9.17) is 5.11 Å². The molecule has 2 N–H and O–H groups in total. The first kappa shape index (κ1) is 13.3. The number of nitrogens with one attached hydrogen (secondary N) is 1. The summed E-state index contributed by atoms with van der Waals surface area (Å²) in [4.78, 5) is 11.0. The van der Waals surface area contributed by atoms with Crippen LogP contribution in [0, 0.1) is 12.8 Å². The number of aliphatic carboxylic acids is 1. The molecule has 1 aromatic heterocycles. The molecular weight excluding hydrogens is 242 g/mol. The fourth-order valence-corrected chi connectivity index (χ4v) is 1.90. The number of nitrogens with zero attached hydrogens (tertiary/aromatic N) is 2. The molecule has 1 aromatic carbocycles. The summed E-state index contributed by atoms with van der Waals surface area (Å²) >= 11 is 0. The molecule has 2 rings (SSSR count). The van der Waals surface area contributed by atoms with Crippen molar-refractivity contribution in [2.45, 2.75) is 26.8 Å². The summed E-state index contributed by atoms with van der Waals surface area (Å²) in [5.41, 5.74) is 0.861. The van der Waals surface area contributed by atoms with Gasteiger partial charge in [0.1, 0.15) is 0 Å². The molecule has 2 aromatic rings. The van der Waals surface area contributed by atoms with Gasteiger partial charge in [0.25, 0.3) is 0 Å². The van der Waals surface area contributed by atoms with Crippen molar-refractivity contribution in [2.75, 3.05) is 5.32 Å². The van der Waals surface area contributed by atoms with Gasteiger partial charge in [-0.15, -0.1) is 5.10 Å². The van der Waals surface area contributed by atoms with Crippen molar-refractivity contribution in [3.8, 4) is 0 Å². The number of anilines is 1. The molecule has 0 amide bonds.